The Hall–Kier alpha value is -4.22. The second kappa shape index (κ2) is 10.6. The Labute approximate surface area is 220 Å². The van der Waals surface area contributed by atoms with E-state index in [0.717, 1.165) is 17.4 Å². The summed E-state index contributed by atoms with van der Waals surface area (Å²) >= 11 is 0. The highest BCUT2D eigenvalue weighted by molar-refractivity contribution is 7.89. The van der Waals surface area contributed by atoms with Gasteiger partial charge in [0.25, 0.3) is 0 Å². The van der Waals surface area contributed by atoms with E-state index in [0.29, 0.717) is 47.2 Å². The predicted molar refractivity (Wildman–Crippen MR) is 138 cm³/mol. The smallest absolute Gasteiger partial charge is 0.243 e. The Morgan fingerprint density at radius 1 is 0.947 bits per heavy atom. The number of sulfonamides is 1. The summed E-state index contributed by atoms with van der Waals surface area (Å²) in [4.78, 5) is 11.0. The van der Waals surface area contributed by atoms with Crippen LogP contribution in [0.3, 0.4) is 0 Å². The molecule has 0 bridgehead atoms. The average molecular weight is 535 g/mol. The predicted octanol–water partition coefficient (Wildman–Crippen LogP) is 3.42. The molecule has 0 spiro atoms. The maximum atomic E-state index is 13.4. The summed E-state index contributed by atoms with van der Waals surface area (Å²) < 4.78 is 46.3. The van der Waals surface area contributed by atoms with E-state index in [-0.39, 0.29) is 18.0 Å². The Morgan fingerprint density at radius 3 is 2.29 bits per heavy atom. The molecule has 38 heavy (non-hydrogen) atoms. The fourth-order valence-corrected chi connectivity index (χ4v) is 5.69. The van der Waals surface area contributed by atoms with Crippen molar-refractivity contribution in [2.75, 3.05) is 20.8 Å². The molecule has 0 aliphatic carbocycles. The molecule has 196 valence electrons. The molecule has 11 heteroatoms. The maximum Gasteiger partial charge on any atom is 0.243 e. The zero-order valence-electron chi connectivity index (χ0n) is 20.9. The molecule has 1 aliphatic rings. The lowest BCUT2D eigenvalue weighted by Crippen LogP contribution is -2.36. The third-order valence-corrected chi connectivity index (χ3v) is 8.23. The molecule has 0 saturated heterocycles. The molecular formula is C27H26N4O6S. The van der Waals surface area contributed by atoms with Gasteiger partial charge in [-0.05, 0) is 78.2 Å². The highest BCUT2D eigenvalue weighted by Gasteiger charge is 2.29. The summed E-state index contributed by atoms with van der Waals surface area (Å²) in [6.07, 6.45) is 3.07. The van der Waals surface area contributed by atoms with Crippen LogP contribution in [-0.4, -0.2) is 54.8 Å². The third kappa shape index (κ3) is 5.11. The number of hydrogen-bond donors (Lipinski definition) is 0. The molecule has 0 unspecified atom stereocenters. The summed E-state index contributed by atoms with van der Waals surface area (Å²) in [5.74, 6) is 1.81. The Kier molecular flexibility index (Phi) is 7.12. The van der Waals surface area contributed by atoms with E-state index in [1.54, 1.807) is 73.6 Å². The average Bonchev–Trinajstić information content (AvgIpc) is 3.44. The van der Waals surface area contributed by atoms with Gasteiger partial charge < -0.3 is 14.2 Å². The first-order chi connectivity index (χ1) is 18.4. The van der Waals surface area contributed by atoms with E-state index >= 15 is 0 Å². The lowest BCUT2D eigenvalue weighted by molar-refractivity contribution is 0.112. The van der Waals surface area contributed by atoms with Gasteiger partial charge in [0.15, 0.2) is 11.5 Å². The molecule has 0 fully saturated rings. The largest absolute Gasteiger partial charge is 0.493 e. The maximum absolute atomic E-state index is 13.4. The Morgan fingerprint density at radius 2 is 1.63 bits per heavy atom. The van der Waals surface area contributed by atoms with Crippen LogP contribution in [0.2, 0.25) is 0 Å². The molecule has 10 nitrogen and oxygen atoms in total. The van der Waals surface area contributed by atoms with Crippen LogP contribution in [0.25, 0.3) is 5.69 Å². The van der Waals surface area contributed by atoms with E-state index in [4.69, 9.17) is 14.2 Å². The minimum absolute atomic E-state index is 0.194. The van der Waals surface area contributed by atoms with Crippen LogP contribution in [0, 0.1) is 0 Å². The van der Waals surface area contributed by atoms with Gasteiger partial charge >= 0.3 is 0 Å². The minimum Gasteiger partial charge on any atom is -0.493 e. The van der Waals surface area contributed by atoms with Gasteiger partial charge in [0.2, 0.25) is 10.0 Å². The molecule has 0 radical (unpaired) electrons. The van der Waals surface area contributed by atoms with E-state index in [1.165, 1.54) is 4.31 Å². The lowest BCUT2D eigenvalue weighted by Gasteiger charge is -2.29. The van der Waals surface area contributed by atoms with Crippen LogP contribution >= 0.6 is 0 Å². The summed E-state index contributed by atoms with van der Waals surface area (Å²) in [6.45, 7) is 0.820. The summed E-state index contributed by atoms with van der Waals surface area (Å²) in [6, 6.07) is 17.0. The molecule has 3 aromatic carbocycles. The second-order valence-corrected chi connectivity index (χ2v) is 10.6. The van der Waals surface area contributed by atoms with Gasteiger partial charge in [0.05, 0.1) is 31.0 Å². The number of methoxy groups -OCH3 is 2. The number of aromatic nitrogens is 3. The van der Waals surface area contributed by atoms with Crippen molar-refractivity contribution in [2.24, 2.45) is 0 Å². The zero-order valence-corrected chi connectivity index (χ0v) is 21.7. The minimum atomic E-state index is -3.70. The summed E-state index contributed by atoms with van der Waals surface area (Å²) in [5.41, 5.74) is 3.78. The van der Waals surface area contributed by atoms with Gasteiger partial charge in [-0.2, -0.15) is 4.31 Å². The molecule has 1 aliphatic heterocycles. The van der Waals surface area contributed by atoms with Crippen molar-refractivity contribution in [3.8, 4) is 22.9 Å². The fourth-order valence-electron chi connectivity index (χ4n) is 4.27. The van der Waals surface area contributed by atoms with E-state index in [9.17, 15) is 13.2 Å². The van der Waals surface area contributed by atoms with Crippen LogP contribution in [0.15, 0.2) is 71.8 Å². The lowest BCUT2D eigenvalue weighted by atomic mass is 10.0. The topological polar surface area (TPSA) is 113 Å². The second-order valence-electron chi connectivity index (χ2n) is 8.69. The molecule has 0 atom stereocenters. The molecule has 0 amide bonds. The van der Waals surface area contributed by atoms with Gasteiger partial charge in [-0.25, -0.2) is 13.1 Å². The fraction of sp³-hybridized carbons (Fsp3) is 0.222. The van der Waals surface area contributed by atoms with Crippen LogP contribution in [0.5, 0.6) is 17.2 Å². The SMILES string of the molecule is COc1cc2c(cc1OC)CN(S(=O)(=O)c1ccc(-n3cc(COc4ccc(C=O)cc4)nn3)cc1)CC2. The highest BCUT2D eigenvalue weighted by atomic mass is 32.2. The number of aldehydes is 1. The molecular weight excluding hydrogens is 508 g/mol. The van der Waals surface area contributed by atoms with E-state index in [1.807, 2.05) is 12.1 Å². The van der Waals surface area contributed by atoms with Crippen molar-refractivity contribution < 1.29 is 27.4 Å². The monoisotopic (exact) mass is 534 g/mol. The van der Waals surface area contributed by atoms with E-state index < -0.39 is 10.0 Å². The first kappa shape index (κ1) is 25.4. The first-order valence-corrected chi connectivity index (χ1v) is 13.3. The van der Waals surface area contributed by atoms with Gasteiger partial charge in [0, 0.05) is 18.7 Å². The van der Waals surface area contributed by atoms with Crippen molar-refractivity contribution in [1.29, 1.82) is 0 Å². The number of ether oxygens (including phenoxy) is 3. The van der Waals surface area contributed by atoms with Crippen molar-refractivity contribution in [3.63, 3.8) is 0 Å². The number of fused-ring (bicyclic) bond motifs is 1. The first-order valence-electron chi connectivity index (χ1n) is 11.8. The number of carbonyl (C=O) groups excluding carboxylic acids is 1. The summed E-state index contributed by atoms with van der Waals surface area (Å²) in [5, 5.41) is 8.24. The van der Waals surface area contributed by atoms with Gasteiger partial charge in [-0.15, -0.1) is 5.10 Å². The van der Waals surface area contributed by atoms with Crippen molar-refractivity contribution >= 4 is 16.3 Å². The van der Waals surface area contributed by atoms with Crippen molar-refractivity contribution in [2.45, 2.75) is 24.5 Å². The van der Waals surface area contributed by atoms with Gasteiger partial charge in [-0.3, -0.25) is 4.79 Å². The molecule has 0 saturated carbocycles. The number of carbonyl (C=O) groups is 1. The van der Waals surface area contributed by atoms with Crippen LogP contribution in [0.4, 0.5) is 0 Å². The summed E-state index contributed by atoms with van der Waals surface area (Å²) in [7, 11) is -0.564. The Bertz CT molecular complexity index is 1550. The van der Waals surface area contributed by atoms with Crippen molar-refractivity contribution in [3.05, 3.63) is 89.2 Å². The standard InChI is InChI=1S/C27H26N4O6S/c1-35-26-13-20-11-12-30(15-21(20)14-27(26)36-2)38(33,34)25-9-5-23(6-10-25)31-16-22(28-29-31)18-37-24-7-3-19(17-32)4-8-24/h3-10,13-14,16-17H,11-12,15,18H2,1-2H3. The zero-order chi connectivity index (χ0) is 26.7. The van der Waals surface area contributed by atoms with Gasteiger partial charge in [-0.1, -0.05) is 5.21 Å². The van der Waals surface area contributed by atoms with Crippen LogP contribution in [-0.2, 0) is 29.6 Å². The number of benzene rings is 3. The van der Waals surface area contributed by atoms with Crippen LogP contribution in [0.1, 0.15) is 27.2 Å². The van der Waals surface area contributed by atoms with Gasteiger partial charge in [0.1, 0.15) is 24.3 Å². The van der Waals surface area contributed by atoms with E-state index in [2.05, 4.69) is 10.3 Å². The third-order valence-electron chi connectivity index (χ3n) is 6.37. The molecule has 5 rings (SSSR count). The van der Waals surface area contributed by atoms with Crippen molar-refractivity contribution in [1.82, 2.24) is 19.3 Å². The molecule has 2 heterocycles. The highest BCUT2D eigenvalue weighted by Crippen LogP contribution is 2.34. The quantitative estimate of drug-likeness (QED) is 0.300. The van der Waals surface area contributed by atoms with Crippen LogP contribution < -0.4 is 14.2 Å². The Balaban J connectivity index is 1.27. The molecule has 0 N–H and O–H groups in total. The molecule has 4 aromatic rings. The normalized spacial score (nSPS) is 13.5. The number of nitrogens with zero attached hydrogens (tertiary/aromatic N) is 4. The number of hydrogen-bond acceptors (Lipinski definition) is 8. The molecule has 1 aromatic heterocycles. The number of rotatable bonds is 9.